The third-order valence-electron chi connectivity index (χ3n) is 8.93. The van der Waals surface area contributed by atoms with E-state index in [-0.39, 0.29) is 11.9 Å². The molecule has 40 heavy (non-hydrogen) atoms. The molecular weight excluding hydrogens is 522 g/mol. The predicted molar refractivity (Wildman–Crippen MR) is 159 cm³/mol. The summed E-state index contributed by atoms with van der Waals surface area (Å²) >= 11 is 6.54. The maximum atomic E-state index is 13.5. The van der Waals surface area contributed by atoms with Crippen LogP contribution in [-0.2, 0) is 4.74 Å². The number of carbonyl (C=O) groups excluding carboxylic acids is 1. The summed E-state index contributed by atoms with van der Waals surface area (Å²) in [6.07, 6.45) is 3.39. The molecular formula is C32H34ClN5O2. The molecule has 1 aliphatic carbocycles. The molecule has 3 fully saturated rings. The van der Waals surface area contributed by atoms with Crippen LogP contribution in [0.5, 0.6) is 0 Å². The number of carbonyl (C=O) groups is 1. The highest BCUT2D eigenvalue weighted by molar-refractivity contribution is 6.31. The van der Waals surface area contributed by atoms with Gasteiger partial charge in [0, 0.05) is 53.4 Å². The number of amides is 1. The van der Waals surface area contributed by atoms with Crippen molar-refractivity contribution >= 4 is 34.1 Å². The number of hydrogen-bond donors (Lipinski definition) is 2. The van der Waals surface area contributed by atoms with Crippen molar-refractivity contribution in [2.75, 3.05) is 44.3 Å². The Balaban J connectivity index is 1.09. The van der Waals surface area contributed by atoms with Crippen molar-refractivity contribution in [3.63, 3.8) is 0 Å². The zero-order valence-corrected chi connectivity index (χ0v) is 23.2. The first-order valence-corrected chi connectivity index (χ1v) is 14.7. The normalized spacial score (nSPS) is 19.3. The number of halogens is 1. The van der Waals surface area contributed by atoms with Gasteiger partial charge in [0.2, 0.25) is 0 Å². The van der Waals surface area contributed by atoms with Gasteiger partial charge in [-0.25, -0.2) is 0 Å². The zero-order chi connectivity index (χ0) is 27.1. The van der Waals surface area contributed by atoms with E-state index in [2.05, 4.69) is 49.6 Å². The zero-order valence-electron chi connectivity index (χ0n) is 22.5. The maximum Gasteiger partial charge on any atom is 0.251 e. The van der Waals surface area contributed by atoms with Crippen LogP contribution in [0.2, 0.25) is 5.02 Å². The number of piperazine rings is 1. The first-order valence-electron chi connectivity index (χ1n) is 14.3. The molecule has 3 aliphatic rings. The fourth-order valence-corrected chi connectivity index (χ4v) is 6.41. The Morgan fingerprint density at radius 3 is 2.45 bits per heavy atom. The summed E-state index contributed by atoms with van der Waals surface area (Å²) in [4.78, 5) is 18.5. The lowest BCUT2D eigenvalue weighted by Crippen LogP contribution is -2.56. The molecule has 3 heterocycles. The van der Waals surface area contributed by atoms with E-state index in [4.69, 9.17) is 16.3 Å². The standard InChI is InChI=1S/C32H34ClN5O2/c33-28-7-2-1-6-26(28)30(21-4-3-5-21)34-32(39)23-10-13-29-27(18-23)31(36-35-29)22-8-11-24(12-9-22)37-14-16-38(17-15-37)25-19-40-20-25/h1-2,6-13,18,21,25,30H,3-5,14-17,19-20H2,(H,34,39)(H,35,36). The van der Waals surface area contributed by atoms with E-state index in [1.165, 1.54) is 12.1 Å². The molecule has 0 spiro atoms. The topological polar surface area (TPSA) is 73.5 Å². The predicted octanol–water partition coefficient (Wildman–Crippen LogP) is 5.68. The molecule has 1 amide bonds. The largest absolute Gasteiger partial charge is 0.378 e. The number of hydrogen-bond acceptors (Lipinski definition) is 5. The minimum atomic E-state index is -0.0917. The van der Waals surface area contributed by atoms with Gasteiger partial charge in [0.15, 0.2) is 0 Å². The van der Waals surface area contributed by atoms with Crippen LogP contribution in [0.15, 0.2) is 66.7 Å². The SMILES string of the molecule is O=C(NC(c1ccccc1Cl)C1CCC1)c1ccc2[nH]nc(-c3ccc(N4CCN(C5COC5)CC4)cc3)c2c1. The van der Waals surface area contributed by atoms with Crippen molar-refractivity contribution < 1.29 is 9.53 Å². The Labute approximate surface area is 239 Å². The fourth-order valence-electron chi connectivity index (χ4n) is 6.16. The quantitative estimate of drug-likeness (QED) is 0.307. The van der Waals surface area contributed by atoms with Crippen LogP contribution >= 0.6 is 11.6 Å². The Bertz CT molecular complexity index is 1500. The molecule has 7 nitrogen and oxygen atoms in total. The molecule has 0 radical (unpaired) electrons. The third-order valence-corrected chi connectivity index (χ3v) is 9.27. The van der Waals surface area contributed by atoms with Crippen LogP contribution in [0.4, 0.5) is 5.69 Å². The highest BCUT2D eigenvalue weighted by Gasteiger charge is 2.32. The summed E-state index contributed by atoms with van der Waals surface area (Å²) in [5.41, 5.74) is 5.64. The highest BCUT2D eigenvalue weighted by Crippen LogP contribution is 2.40. The van der Waals surface area contributed by atoms with Gasteiger partial charge in [-0.05, 0) is 60.7 Å². The van der Waals surface area contributed by atoms with Crippen LogP contribution in [0.1, 0.15) is 41.2 Å². The average molecular weight is 556 g/mol. The van der Waals surface area contributed by atoms with Gasteiger partial charge < -0.3 is 15.0 Å². The number of H-pyrrole nitrogens is 1. The van der Waals surface area contributed by atoms with E-state index >= 15 is 0 Å². The molecule has 206 valence electrons. The summed E-state index contributed by atoms with van der Waals surface area (Å²) in [7, 11) is 0. The molecule has 2 saturated heterocycles. The number of anilines is 1. The second-order valence-electron chi connectivity index (χ2n) is 11.3. The monoisotopic (exact) mass is 555 g/mol. The number of benzene rings is 3. The minimum Gasteiger partial charge on any atom is -0.378 e. The molecule has 7 rings (SSSR count). The Hall–Kier alpha value is -3.39. The molecule has 2 N–H and O–H groups in total. The number of nitrogens with zero attached hydrogens (tertiary/aromatic N) is 3. The second kappa shape index (κ2) is 10.9. The smallest absolute Gasteiger partial charge is 0.251 e. The summed E-state index contributed by atoms with van der Waals surface area (Å²) in [6, 6.07) is 22.7. The lowest BCUT2D eigenvalue weighted by atomic mass is 9.77. The first kappa shape index (κ1) is 25.6. The van der Waals surface area contributed by atoms with Crippen LogP contribution in [-0.4, -0.2) is 66.4 Å². The number of aromatic nitrogens is 2. The Morgan fingerprint density at radius 1 is 1.00 bits per heavy atom. The van der Waals surface area contributed by atoms with Gasteiger partial charge in [-0.1, -0.05) is 48.4 Å². The van der Waals surface area contributed by atoms with Gasteiger partial charge in [0.1, 0.15) is 0 Å². The third kappa shape index (κ3) is 4.87. The van der Waals surface area contributed by atoms with Crippen molar-refractivity contribution in [1.29, 1.82) is 0 Å². The van der Waals surface area contributed by atoms with Gasteiger partial charge in [0.05, 0.1) is 36.5 Å². The van der Waals surface area contributed by atoms with Gasteiger partial charge in [-0.2, -0.15) is 5.10 Å². The van der Waals surface area contributed by atoms with Gasteiger partial charge in [-0.3, -0.25) is 14.8 Å². The van der Waals surface area contributed by atoms with Crippen molar-refractivity contribution in [1.82, 2.24) is 20.4 Å². The van der Waals surface area contributed by atoms with Crippen molar-refractivity contribution in [2.24, 2.45) is 5.92 Å². The molecule has 2 aliphatic heterocycles. The number of ether oxygens (including phenoxy) is 1. The van der Waals surface area contributed by atoms with E-state index in [0.717, 1.165) is 80.0 Å². The molecule has 1 atom stereocenters. The van der Waals surface area contributed by atoms with E-state index in [9.17, 15) is 4.79 Å². The fraction of sp³-hybridized carbons (Fsp3) is 0.375. The van der Waals surface area contributed by atoms with Crippen LogP contribution < -0.4 is 10.2 Å². The van der Waals surface area contributed by atoms with Crippen LogP contribution in [0, 0.1) is 5.92 Å². The molecule has 0 bridgehead atoms. The second-order valence-corrected chi connectivity index (χ2v) is 11.7. The average Bonchev–Trinajstić information content (AvgIpc) is 3.35. The minimum absolute atomic E-state index is 0.0891. The summed E-state index contributed by atoms with van der Waals surface area (Å²) in [5, 5.41) is 12.7. The molecule has 8 heteroatoms. The number of nitrogens with one attached hydrogen (secondary N) is 2. The lowest BCUT2D eigenvalue weighted by molar-refractivity contribution is -0.0660. The van der Waals surface area contributed by atoms with Crippen molar-refractivity contribution in [2.45, 2.75) is 31.3 Å². The van der Waals surface area contributed by atoms with Crippen molar-refractivity contribution in [3.05, 3.63) is 82.9 Å². The molecule has 1 unspecified atom stereocenters. The van der Waals surface area contributed by atoms with Gasteiger partial charge in [0.25, 0.3) is 5.91 Å². The van der Waals surface area contributed by atoms with Crippen molar-refractivity contribution in [3.8, 4) is 11.3 Å². The van der Waals surface area contributed by atoms with Gasteiger partial charge in [-0.15, -0.1) is 0 Å². The maximum absolute atomic E-state index is 13.5. The van der Waals surface area contributed by atoms with Crippen LogP contribution in [0.3, 0.4) is 0 Å². The lowest BCUT2D eigenvalue weighted by Gasteiger charge is -2.43. The number of fused-ring (bicyclic) bond motifs is 1. The highest BCUT2D eigenvalue weighted by atomic mass is 35.5. The van der Waals surface area contributed by atoms with E-state index in [1.807, 2.05) is 42.5 Å². The van der Waals surface area contributed by atoms with E-state index < -0.39 is 0 Å². The first-order chi connectivity index (χ1) is 19.6. The van der Waals surface area contributed by atoms with Gasteiger partial charge >= 0.3 is 0 Å². The number of aromatic amines is 1. The summed E-state index contributed by atoms with van der Waals surface area (Å²) in [5.74, 6) is 0.319. The van der Waals surface area contributed by atoms with E-state index in [1.54, 1.807) is 0 Å². The molecule has 1 aromatic heterocycles. The number of rotatable bonds is 7. The molecule has 1 saturated carbocycles. The summed E-state index contributed by atoms with van der Waals surface area (Å²) < 4.78 is 5.36. The Morgan fingerprint density at radius 2 is 1.77 bits per heavy atom. The summed E-state index contributed by atoms with van der Waals surface area (Å²) in [6.45, 7) is 5.94. The molecule has 3 aromatic carbocycles. The molecule has 4 aromatic rings. The Kier molecular flexibility index (Phi) is 6.96. The van der Waals surface area contributed by atoms with E-state index in [0.29, 0.717) is 22.5 Å². The van der Waals surface area contributed by atoms with Crippen LogP contribution in [0.25, 0.3) is 22.2 Å².